The Morgan fingerprint density at radius 1 is 1.08 bits per heavy atom. The fourth-order valence-corrected chi connectivity index (χ4v) is 2.53. The number of hydrogen-bond acceptors (Lipinski definition) is 3. The number of carbonyl (C=O) groups is 1. The van der Waals surface area contributed by atoms with E-state index in [9.17, 15) is 4.79 Å². The molecule has 0 bridgehead atoms. The highest BCUT2D eigenvalue weighted by atomic mass is 35.5. The van der Waals surface area contributed by atoms with Crippen LogP contribution in [0, 0.1) is 0 Å². The van der Waals surface area contributed by atoms with Gasteiger partial charge in [0, 0.05) is 18.2 Å². The van der Waals surface area contributed by atoms with Gasteiger partial charge in [-0.1, -0.05) is 49.7 Å². The van der Waals surface area contributed by atoms with Gasteiger partial charge in [0.25, 0.3) is 0 Å². The third-order valence-electron chi connectivity index (χ3n) is 3.76. The maximum absolute atomic E-state index is 12.2. The number of rotatable bonds is 6. The number of hydrogen-bond donors (Lipinski definition) is 1. The fraction of sp³-hybridized carbons (Fsp3) is 0.250. The predicted octanol–water partition coefficient (Wildman–Crippen LogP) is 5.13. The molecule has 25 heavy (non-hydrogen) atoms. The van der Waals surface area contributed by atoms with E-state index in [2.05, 4.69) is 31.3 Å². The lowest BCUT2D eigenvalue weighted by Gasteiger charge is -2.12. The molecule has 0 heterocycles. The number of methoxy groups -OCH3 is 2. The molecule has 0 fully saturated rings. The number of benzene rings is 2. The third-order valence-corrected chi connectivity index (χ3v) is 4.06. The molecule has 0 saturated heterocycles. The summed E-state index contributed by atoms with van der Waals surface area (Å²) in [6.45, 7) is 4.29. The van der Waals surface area contributed by atoms with E-state index < -0.39 is 0 Å². The van der Waals surface area contributed by atoms with E-state index in [0.717, 1.165) is 5.56 Å². The van der Waals surface area contributed by atoms with Gasteiger partial charge in [0.05, 0.1) is 24.9 Å². The molecule has 5 heteroatoms. The third kappa shape index (κ3) is 5.00. The van der Waals surface area contributed by atoms with Crippen molar-refractivity contribution in [2.24, 2.45) is 0 Å². The van der Waals surface area contributed by atoms with Crippen molar-refractivity contribution in [2.45, 2.75) is 19.8 Å². The zero-order valence-corrected chi connectivity index (χ0v) is 15.6. The summed E-state index contributed by atoms with van der Waals surface area (Å²) in [5, 5.41) is 3.19. The van der Waals surface area contributed by atoms with Gasteiger partial charge in [-0.25, -0.2) is 0 Å². The van der Waals surface area contributed by atoms with Crippen molar-refractivity contribution in [3.63, 3.8) is 0 Å². The summed E-state index contributed by atoms with van der Waals surface area (Å²) in [5.74, 6) is 1.14. The number of halogens is 1. The van der Waals surface area contributed by atoms with Gasteiger partial charge in [0.1, 0.15) is 11.5 Å². The zero-order valence-electron chi connectivity index (χ0n) is 14.8. The first kappa shape index (κ1) is 18.9. The second kappa shape index (κ2) is 8.58. The van der Waals surface area contributed by atoms with E-state index in [0.29, 0.717) is 28.1 Å². The van der Waals surface area contributed by atoms with E-state index in [4.69, 9.17) is 21.1 Å². The average molecular weight is 360 g/mol. The highest BCUT2D eigenvalue weighted by Crippen LogP contribution is 2.35. The van der Waals surface area contributed by atoms with E-state index in [1.807, 2.05) is 12.1 Å². The number of nitrogens with one attached hydrogen (secondary N) is 1. The van der Waals surface area contributed by atoms with Crippen LogP contribution in [-0.2, 0) is 4.79 Å². The second-order valence-electron chi connectivity index (χ2n) is 5.83. The van der Waals surface area contributed by atoms with Crippen molar-refractivity contribution in [1.82, 2.24) is 0 Å². The monoisotopic (exact) mass is 359 g/mol. The Balaban J connectivity index is 2.11. The molecule has 0 aliphatic rings. The largest absolute Gasteiger partial charge is 0.495 e. The summed E-state index contributed by atoms with van der Waals surface area (Å²) in [5.41, 5.74) is 2.72. The van der Waals surface area contributed by atoms with E-state index >= 15 is 0 Å². The Bertz CT molecular complexity index is 767. The van der Waals surface area contributed by atoms with Gasteiger partial charge < -0.3 is 14.8 Å². The van der Waals surface area contributed by atoms with Crippen molar-refractivity contribution in [1.29, 1.82) is 0 Å². The van der Waals surface area contributed by atoms with Crippen LogP contribution in [0.25, 0.3) is 6.08 Å². The molecule has 0 aliphatic heterocycles. The highest BCUT2D eigenvalue weighted by Gasteiger charge is 2.11. The Kier molecular flexibility index (Phi) is 6.48. The first-order valence-electron chi connectivity index (χ1n) is 7.95. The molecule has 2 rings (SSSR count). The van der Waals surface area contributed by atoms with Gasteiger partial charge in [-0.05, 0) is 23.1 Å². The van der Waals surface area contributed by atoms with Gasteiger partial charge in [-0.2, -0.15) is 0 Å². The van der Waals surface area contributed by atoms with Crippen LogP contribution in [0.5, 0.6) is 11.5 Å². The van der Waals surface area contributed by atoms with Gasteiger partial charge in [0.15, 0.2) is 0 Å². The molecule has 0 atom stereocenters. The Labute approximate surface area is 153 Å². The first-order valence-corrected chi connectivity index (χ1v) is 8.33. The maximum Gasteiger partial charge on any atom is 0.248 e. The van der Waals surface area contributed by atoms with Crippen molar-refractivity contribution < 1.29 is 14.3 Å². The molecule has 0 radical (unpaired) electrons. The standard InChI is InChI=1S/C20H22ClNO3/c1-13(2)15-8-5-14(6-9-15)7-10-20(23)22-17-12-18(24-3)16(21)11-19(17)25-4/h5-13H,1-4H3,(H,22,23)/b10-7+. The fourth-order valence-electron chi connectivity index (χ4n) is 2.30. The summed E-state index contributed by atoms with van der Waals surface area (Å²) < 4.78 is 10.4. The van der Waals surface area contributed by atoms with Crippen LogP contribution in [0.3, 0.4) is 0 Å². The maximum atomic E-state index is 12.2. The molecule has 2 aromatic carbocycles. The van der Waals surface area contributed by atoms with Crippen LogP contribution in [0.15, 0.2) is 42.5 Å². The summed E-state index contributed by atoms with van der Waals surface area (Å²) >= 11 is 6.06. The molecule has 0 saturated carbocycles. The number of anilines is 1. The first-order chi connectivity index (χ1) is 11.9. The number of carbonyl (C=O) groups excluding carboxylic acids is 1. The van der Waals surface area contributed by atoms with Crippen LogP contribution in [0.4, 0.5) is 5.69 Å². The molecule has 0 unspecified atom stereocenters. The minimum atomic E-state index is -0.268. The molecular formula is C20H22ClNO3. The predicted molar refractivity (Wildman–Crippen MR) is 103 cm³/mol. The lowest BCUT2D eigenvalue weighted by molar-refractivity contribution is -0.111. The number of amides is 1. The summed E-state index contributed by atoms with van der Waals surface area (Å²) in [6, 6.07) is 11.3. The van der Waals surface area contributed by atoms with Crippen molar-refractivity contribution in [3.8, 4) is 11.5 Å². The molecule has 1 amide bonds. The van der Waals surface area contributed by atoms with E-state index in [-0.39, 0.29) is 5.91 Å². The molecular weight excluding hydrogens is 338 g/mol. The topological polar surface area (TPSA) is 47.6 Å². The zero-order chi connectivity index (χ0) is 18.4. The SMILES string of the molecule is COc1cc(NC(=O)/C=C/c2ccc(C(C)C)cc2)c(OC)cc1Cl. The molecule has 0 aliphatic carbocycles. The van der Waals surface area contributed by atoms with Crippen molar-refractivity contribution in [3.05, 3.63) is 58.6 Å². The summed E-state index contributed by atoms with van der Waals surface area (Å²) in [4.78, 5) is 12.2. The minimum Gasteiger partial charge on any atom is -0.495 e. The van der Waals surface area contributed by atoms with Gasteiger partial charge in [-0.3, -0.25) is 4.79 Å². The Morgan fingerprint density at radius 2 is 1.72 bits per heavy atom. The molecule has 4 nitrogen and oxygen atoms in total. The Hall–Kier alpha value is -2.46. The van der Waals surface area contributed by atoms with Gasteiger partial charge >= 0.3 is 0 Å². The van der Waals surface area contributed by atoms with Crippen LogP contribution >= 0.6 is 11.6 Å². The quantitative estimate of drug-likeness (QED) is 0.727. The smallest absolute Gasteiger partial charge is 0.248 e. The van der Waals surface area contributed by atoms with Gasteiger partial charge in [-0.15, -0.1) is 0 Å². The van der Waals surface area contributed by atoms with Crippen LogP contribution in [-0.4, -0.2) is 20.1 Å². The van der Waals surface area contributed by atoms with Gasteiger partial charge in [0.2, 0.25) is 5.91 Å². The minimum absolute atomic E-state index is 0.268. The molecule has 132 valence electrons. The van der Waals surface area contributed by atoms with Crippen LogP contribution < -0.4 is 14.8 Å². The van der Waals surface area contributed by atoms with Crippen molar-refractivity contribution in [2.75, 3.05) is 19.5 Å². The van der Waals surface area contributed by atoms with Crippen molar-refractivity contribution >= 4 is 29.3 Å². The molecule has 2 aromatic rings. The lowest BCUT2D eigenvalue weighted by Crippen LogP contribution is -2.09. The molecule has 0 spiro atoms. The van der Waals surface area contributed by atoms with Crippen LogP contribution in [0.1, 0.15) is 30.9 Å². The summed E-state index contributed by atoms with van der Waals surface area (Å²) in [7, 11) is 3.03. The van der Waals surface area contributed by atoms with Crippen LogP contribution in [0.2, 0.25) is 5.02 Å². The Morgan fingerprint density at radius 3 is 2.28 bits per heavy atom. The molecule has 1 N–H and O–H groups in total. The number of ether oxygens (including phenoxy) is 2. The average Bonchev–Trinajstić information content (AvgIpc) is 2.61. The second-order valence-corrected chi connectivity index (χ2v) is 6.24. The molecule has 0 aromatic heterocycles. The van der Waals surface area contributed by atoms with E-state index in [1.54, 1.807) is 18.2 Å². The van der Waals surface area contributed by atoms with E-state index in [1.165, 1.54) is 25.9 Å². The lowest BCUT2D eigenvalue weighted by atomic mass is 10.0. The summed E-state index contributed by atoms with van der Waals surface area (Å²) in [6.07, 6.45) is 3.24. The normalized spacial score (nSPS) is 11.0. The highest BCUT2D eigenvalue weighted by molar-refractivity contribution is 6.32.